The van der Waals surface area contributed by atoms with Crippen LogP contribution in [0.1, 0.15) is 51.2 Å². The summed E-state index contributed by atoms with van der Waals surface area (Å²) in [7, 11) is 0. The molecular weight excluding hydrogens is 344 g/mol. The molecule has 8 heteroatoms. The summed E-state index contributed by atoms with van der Waals surface area (Å²) < 4.78 is 7.18. The second kappa shape index (κ2) is 7.09. The molecule has 1 saturated heterocycles. The van der Waals surface area contributed by atoms with Gasteiger partial charge in [0.2, 0.25) is 5.91 Å². The Morgan fingerprint density at radius 1 is 1.37 bits per heavy atom. The number of likely N-dealkylation sites (tertiary alicyclic amines) is 1. The van der Waals surface area contributed by atoms with E-state index in [1.54, 1.807) is 0 Å². The SMILES string of the molecule is CC1CCCN(C(=O)Cc2nnc3cc(-c4nc(C(C)C)no4)ccn23)C1. The maximum absolute atomic E-state index is 12.6. The third-order valence-corrected chi connectivity index (χ3v) is 5.00. The van der Waals surface area contributed by atoms with Crippen molar-refractivity contribution in [1.82, 2.24) is 29.6 Å². The molecule has 0 bridgehead atoms. The lowest BCUT2D eigenvalue weighted by Gasteiger charge is -2.30. The second-order valence-electron chi connectivity index (χ2n) is 7.64. The number of aromatic nitrogens is 5. The lowest BCUT2D eigenvalue weighted by Crippen LogP contribution is -2.40. The van der Waals surface area contributed by atoms with Gasteiger partial charge in [0, 0.05) is 30.8 Å². The van der Waals surface area contributed by atoms with Crippen molar-refractivity contribution >= 4 is 11.6 Å². The van der Waals surface area contributed by atoms with Gasteiger partial charge in [0.15, 0.2) is 11.5 Å². The summed E-state index contributed by atoms with van der Waals surface area (Å²) in [5.74, 6) is 2.66. The standard InChI is InChI=1S/C19H24N6O2/c1-12(2)18-20-19(27-23-18)14-6-8-25-15(9-14)21-22-16(25)10-17(26)24-7-4-5-13(3)11-24/h6,8-9,12-13H,4-5,7,10-11H2,1-3H3. The molecular formula is C19H24N6O2. The zero-order chi connectivity index (χ0) is 19.0. The van der Waals surface area contributed by atoms with Crippen molar-refractivity contribution in [3.8, 4) is 11.5 Å². The lowest BCUT2D eigenvalue weighted by molar-refractivity contribution is -0.132. The number of pyridine rings is 1. The zero-order valence-electron chi connectivity index (χ0n) is 15.9. The molecule has 3 aromatic rings. The molecule has 3 aromatic heterocycles. The van der Waals surface area contributed by atoms with Crippen molar-refractivity contribution in [2.75, 3.05) is 13.1 Å². The number of nitrogens with zero attached hydrogens (tertiary/aromatic N) is 6. The summed E-state index contributed by atoms with van der Waals surface area (Å²) >= 11 is 0. The van der Waals surface area contributed by atoms with E-state index in [1.165, 1.54) is 6.42 Å². The van der Waals surface area contributed by atoms with E-state index in [-0.39, 0.29) is 18.2 Å². The normalized spacial score (nSPS) is 17.8. The number of fused-ring (bicyclic) bond motifs is 1. The molecule has 0 spiro atoms. The van der Waals surface area contributed by atoms with E-state index >= 15 is 0 Å². The Hall–Kier alpha value is -2.77. The Balaban J connectivity index is 1.54. The molecule has 1 unspecified atom stereocenters. The molecule has 1 amide bonds. The van der Waals surface area contributed by atoms with Crippen LogP contribution in [0.25, 0.3) is 17.1 Å². The van der Waals surface area contributed by atoms with Crippen LogP contribution in [-0.4, -0.2) is 48.6 Å². The topological polar surface area (TPSA) is 89.4 Å². The van der Waals surface area contributed by atoms with Gasteiger partial charge in [0.25, 0.3) is 5.89 Å². The van der Waals surface area contributed by atoms with E-state index in [9.17, 15) is 4.79 Å². The van der Waals surface area contributed by atoms with Gasteiger partial charge in [-0.25, -0.2) is 0 Å². The minimum Gasteiger partial charge on any atom is -0.342 e. The zero-order valence-corrected chi connectivity index (χ0v) is 15.9. The number of carbonyl (C=O) groups excluding carboxylic acids is 1. The van der Waals surface area contributed by atoms with Crippen LogP contribution in [0.2, 0.25) is 0 Å². The predicted molar refractivity (Wildman–Crippen MR) is 99.1 cm³/mol. The van der Waals surface area contributed by atoms with E-state index in [0.29, 0.717) is 29.1 Å². The summed E-state index contributed by atoms with van der Waals surface area (Å²) in [4.78, 5) is 19.0. The van der Waals surface area contributed by atoms with Crippen LogP contribution in [-0.2, 0) is 11.2 Å². The molecule has 27 heavy (non-hydrogen) atoms. The number of hydrogen-bond acceptors (Lipinski definition) is 6. The molecule has 1 aliphatic rings. The first kappa shape index (κ1) is 17.6. The Morgan fingerprint density at radius 3 is 2.96 bits per heavy atom. The minimum atomic E-state index is 0.110. The molecule has 0 N–H and O–H groups in total. The highest BCUT2D eigenvalue weighted by Gasteiger charge is 2.22. The van der Waals surface area contributed by atoms with Crippen molar-refractivity contribution in [3.05, 3.63) is 30.0 Å². The maximum Gasteiger partial charge on any atom is 0.258 e. The quantitative estimate of drug-likeness (QED) is 0.703. The third-order valence-electron chi connectivity index (χ3n) is 5.00. The van der Waals surface area contributed by atoms with E-state index in [1.807, 2.05) is 41.5 Å². The second-order valence-corrected chi connectivity index (χ2v) is 7.64. The van der Waals surface area contributed by atoms with E-state index in [4.69, 9.17) is 4.52 Å². The highest BCUT2D eigenvalue weighted by molar-refractivity contribution is 5.78. The van der Waals surface area contributed by atoms with Gasteiger partial charge in [0.05, 0.1) is 6.42 Å². The fourth-order valence-corrected chi connectivity index (χ4v) is 3.44. The van der Waals surface area contributed by atoms with Crippen LogP contribution in [0.3, 0.4) is 0 Å². The molecule has 0 radical (unpaired) electrons. The summed E-state index contributed by atoms with van der Waals surface area (Å²) in [6, 6.07) is 3.73. The van der Waals surface area contributed by atoms with Gasteiger partial charge in [-0.05, 0) is 30.9 Å². The summed E-state index contributed by atoms with van der Waals surface area (Å²) in [5, 5.41) is 12.4. The van der Waals surface area contributed by atoms with Crippen molar-refractivity contribution < 1.29 is 9.32 Å². The fourth-order valence-electron chi connectivity index (χ4n) is 3.44. The molecule has 1 fully saturated rings. The molecule has 1 atom stereocenters. The van der Waals surface area contributed by atoms with E-state index in [2.05, 4.69) is 27.3 Å². The summed E-state index contributed by atoms with van der Waals surface area (Å²) in [6.45, 7) is 7.88. The Kier molecular flexibility index (Phi) is 4.63. The van der Waals surface area contributed by atoms with E-state index in [0.717, 1.165) is 25.1 Å². The number of rotatable bonds is 4. The van der Waals surface area contributed by atoms with Crippen LogP contribution in [0.15, 0.2) is 22.9 Å². The predicted octanol–water partition coefficient (Wildman–Crippen LogP) is 2.70. The molecule has 0 aliphatic carbocycles. The first-order valence-corrected chi connectivity index (χ1v) is 9.46. The largest absolute Gasteiger partial charge is 0.342 e. The Bertz CT molecular complexity index is 960. The highest BCUT2D eigenvalue weighted by Crippen LogP contribution is 2.22. The number of amides is 1. The van der Waals surface area contributed by atoms with Gasteiger partial charge in [-0.15, -0.1) is 10.2 Å². The fraction of sp³-hybridized carbons (Fsp3) is 0.526. The molecule has 1 aliphatic heterocycles. The monoisotopic (exact) mass is 368 g/mol. The van der Waals surface area contributed by atoms with Crippen LogP contribution in [0.5, 0.6) is 0 Å². The summed E-state index contributed by atoms with van der Waals surface area (Å²) in [6.07, 6.45) is 4.37. The average Bonchev–Trinajstić information content (AvgIpc) is 3.29. The van der Waals surface area contributed by atoms with Gasteiger partial charge in [-0.1, -0.05) is 25.9 Å². The van der Waals surface area contributed by atoms with Gasteiger partial charge in [-0.2, -0.15) is 4.98 Å². The van der Waals surface area contributed by atoms with Gasteiger partial charge < -0.3 is 9.42 Å². The molecule has 142 valence electrons. The number of piperidine rings is 1. The molecule has 4 rings (SSSR count). The highest BCUT2D eigenvalue weighted by atomic mass is 16.5. The van der Waals surface area contributed by atoms with Crippen LogP contribution in [0, 0.1) is 5.92 Å². The lowest BCUT2D eigenvalue weighted by atomic mass is 10.00. The van der Waals surface area contributed by atoms with Gasteiger partial charge in [0.1, 0.15) is 5.82 Å². The van der Waals surface area contributed by atoms with Crippen molar-refractivity contribution in [2.45, 2.75) is 46.0 Å². The van der Waals surface area contributed by atoms with Gasteiger partial charge in [-0.3, -0.25) is 9.20 Å². The number of carbonyl (C=O) groups is 1. The number of hydrogen-bond donors (Lipinski definition) is 0. The smallest absolute Gasteiger partial charge is 0.258 e. The molecule has 8 nitrogen and oxygen atoms in total. The average molecular weight is 368 g/mol. The molecule has 0 saturated carbocycles. The first-order valence-electron chi connectivity index (χ1n) is 9.46. The van der Waals surface area contributed by atoms with Crippen molar-refractivity contribution in [1.29, 1.82) is 0 Å². The molecule has 4 heterocycles. The van der Waals surface area contributed by atoms with Crippen LogP contribution in [0.4, 0.5) is 0 Å². The Labute approximate surface area is 157 Å². The van der Waals surface area contributed by atoms with Crippen molar-refractivity contribution in [3.63, 3.8) is 0 Å². The van der Waals surface area contributed by atoms with Crippen LogP contribution >= 0.6 is 0 Å². The van der Waals surface area contributed by atoms with Gasteiger partial charge >= 0.3 is 0 Å². The first-order chi connectivity index (χ1) is 13.0. The minimum absolute atomic E-state index is 0.110. The van der Waals surface area contributed by atoms with Crippen LogP contribution < -0.4 is 0 Å². The third kappa shape index (κ3) is 3.56. The maximum atomic E-state index is 12.6. The molecule has 0 aromatic carbocycles. The summed E-state index contributed by atoms with van der Waals surface area (Å²) in [5.41, 5.74) is 1.45. The van der Waals surface area contributed by atoms with E-state index < -0.39 is 0 Å². The Morgan fingerprint density at radius 2 is 2.22 bits per heavy atom. The van der Waals surface area contributed by atoms with Crippen molar-refractivity contribution in [2.24, 2.45) is 5.92 Å².